The average molecular weight is 212 g/mol. The first-order valence-electron chi connectivity index (χ1n) is 5.75. The van der Waals surface area contributed by atoms with E-state index in [0.717, 1.165) is 38.5 Å². The van der Waals surface area contributed by atoms with Crippen molar-refractivity contribution in [1.29, 1.82) is 0 Å². The molecule has 0 bridgehead atoms. The van der Waals surface area contributed by atoms with Crippen molar-refractivity contribution in [3.8, 4) is 0 Å². The number of carbonyl (C=O) groups is 1. The van der Waals surface area contributed by atoms with E-state index in [0.29, 0.717) is 0 Å². The summed E-state index contributed by atoms with van der Waals surface area (Å²) in [7, 11) is 0. The lowest BCUT2D eigenvalue weighted by molar-refractivity contribution is -0.138. The molecule has 0 saturated carbocycles. The number of hydrogen-bond acceptors (Lipinski definition) is 3. The zero-order valence-electron chi connectivity index (χ0n) is 9.32. The lowest BCUT2D eigenvalue weighted by Gasteiger charge is -2.08. The molecule has 0 spiro atoms. The molecule has 3 heteroatoms. The Kier molecular flexibility index (Phi) is 5.40. The summed E-state index contributed by atoms with van der Waals surface area (Å²) in [6, 6.07) is 0. The summed E-state index contributed by atoms with van der Waals surface area (Å²) in [4.78, 5) is 10.7. The highest BCUT2D eigenvalue weighted by Crippen LogP contribution is 2.14. The minimum absolute atomic E-state index is 0.00858. The van der Waals surface area contributed by atoms with Crippen LogP contribution in [0.2, 0.25) is 0 Å². The van der Waals surface area contributed by atoms with Gasteiger partial charge in [-0.2, -0.15) is 0 Å². The van der Waals surface area contributed by atoms with Crippen LogP contribution in [0, 0.1) is 0 Å². The minimum atomic E-state index is -0.214. The molecule has 0 aromatic carbocycles. The first-order chi connectivity index (χ1) is 7.18. The number of esters is 1. The Bertz CT molecular complexity index is 221. The first kappa shape index (κ1) is 12.2. The summed E-state index contributed by atoms with van der Waals surface area (Å²) in [5.74, 6) is -0.214. The van der Waals surface area contributed by atoms with Crippen LogP contribution in [-0.2, 0) is 9.53 Å². The van der Waals surface area contributed by atoms with E-state index in [1.165, 1.54) is 6.08 Å². The highest BCUT2D eigenvalue weighted by Gasteiger charge is 2.15. The molecule has 0 radical (unpaired) electrons. The molecule has 3 nitrogen and oxygen atoms in total. The van der Waals surface area contributed by atoms with Gasteiger partial charge < -0.3 is 9.84 Å². The van der Waals surface area contributed by atoms with Gasteiger partial charge in [0.05, 0.1) is 6.10 Å². The summed E-state index contributed by atoms with van der Waals surface area (Å²) in [5.41, 5.74) is 0. The summed E-state index contributed by atoms with van der Waals surface area (Å²) < 4.78 is 5.02. The number of ether oxygens (including phenoxy) is 1. The van der Waals surface area contributed by atoms with E-state index >= 15 is 0 Å². The largest absolute Gasteiger partial charge is 0.455 e. The van der Waals surface area contributed by atoms with Crippen LogP contribution in [0.25, 0.3) is 0 Å². The maximum Gasteiger partial charge on any atom is 0.331 e. The monoisotopic (exact) mass is 212 g/mol. The zero-order chi connectivity index (χ0) is 11.1. The molecule has 2 atom stereocenters. The summed E-state index contributed by atoms with van der Waals surface area (Å²) >= 11 is 0. The van der Waals surface area contributed by atoms with Crippen molar-refractivity contribution in [3.05, 3.63) is 12.2 Å². The highest BCUT2D eigenvalue weighted by atomic mass is 16.5. The molecule has 1 heterocycles. The molecule has 0 aromatic rings. The number of aliphatic hydroxyl groups excluding tert-OH is 1. The van der Waals surface area contributed by atoms with Gasteiger partial charge in [0.25, 0.3) is 0 Å². The molecule has 1 aliphatic rings. The number of carbonyl (C=O) groups excluding carboxylic acids is 1. The lowest BCUT2D eigenvalue weighted by atomic mass is 10.1. The first-order valence-corrected chi connectivity index (χ1v) is 5.75. The standard InChI is InChI=1S/C12H20O3/c1-10(13)6-4-2-3-5-7-11-8-9-12(14)15-11/h8-11,13H,2-7H2,1H3. The van der Waals surface area contributed by atoms with Gasteiger partial charge in [0.1, 0.15) is 6.10 Å². The van der Waals surface area contributed by atoms with Crippen LogP contribution in [-0.4, -0.2) is 23.3 Å². The van der Waals surface area contributed by atoms with E-state index in [9.17, 15) is 4.79 Å². The topological polar surface area (TPSA) is 46.5 Å². The zero-order valence-corrected chi connectivity index (χ0v) is 9.32. The van der Waals surface area contributed by atoms with Crippen molar-refractivity contribution in [2.24, 2.45) is 0 Å². The molecule has 0 aliphatic carbocycles. The Morgan fingerprint density at radius 1 is 1.40 bits per heavy atom. The molecule has 0 aromatic heterocycles. The lowest BCUT2D eigenvalue weighted by Crippen LogP contribution is -2.07. The van der Waals surface area contributed by atoms with Crippen LogP contribution >= 0.6 is 0 Å². The Morgan fingerprint density at radius 2 is 2.13 bits per heavy atom. The van der Waals surface area contributed by atoms with Gasteiger partial charge in [-0.25, -0.2) is 4.79 Å². The second-order valence-electron chi connectivity index (χ2n) is 4.18. The highest BCUT2D eigenvalue weighted by molar-refractivity contribution is 5.84. The Hall–Kier alpha value is -0.830. The average Bonchev–Trinajstić information content (AvgIpc) is 2.57. The molecule has 1 rings (SSSR count). The van der Waals surface area contributed by atoms with E-state index in [1.54, 1.807) is 0 Å². The Balaban J connectivity index is 1.89. The molecule has 0 saturated heterocycles. The van der Waals surface area contributed by atoms with Crippen molar-refractivity contribution >= 4 is 5.97 Å². The van der Waals surface area contributed by atoms with Crippen molar-refractivity contribution in [2.45, 2.75) is 57.7 Å². The Labute approximate surface area is 91.1 Å². The van der Waals surface area contributed by atoms with Gasteiger partial charge in [0.2, 0.25) is 0 Å². The van der Waals surface area contributed by atoms with Gasteiger partial charge >= 0.3 is 5.97 Å². The molecule has 0 amide bonds. The van der Waals surface area contributed by atoms with Crippen molar-refractivity contribution < 1.29 is 14.6 Å². The fraction of sp³-hybridized carbons (Fsp3) is 0.750. The second kappa shape index (κ2) is 6.62. The molecule has 1 aliphatic heterocycles. The van der Waals surface area contributed by atoms with Crippen LogP contribution in [0.15, 0.2) is 12.2 Å². The second-order valence-corrected chi connectivity index (χ2v) is 4.18. The molecule has 1 N–H and O–H groups in total. The molecular formula is C12H20O3. The number of unbranched alkanes of at least 4 members (excludes halogenated alkanes) is 3. The third-order valence-electron chi connectivity index (χ3n) is 2.58. The van der Waals surface area contributed by atoms with Crippen LogP contribution in [0.5, 0.6) is 0 Å². The Morgan fingerprint density at radius 3 is 2.73 bits per heavy atom. The molecule has 0 fully saturated rings. The third kappa shape index (κ3) is 5.57. The quantitative estimate of drug-likeness (QED) is 0.520. The predicted molar refractivity (Wildman–Crippen MR) is 58.4 cm³/mol. The van der Waals surface area contributed by atoms with Crippen LogP contribution < -0.4 is 0 Å². The van der Waals surface area contributed by atoms with Gasteiger partial charge in [0.15, 0.2) is 0 Å². The summed E-state index contributed by atoms with van der Waals surface area (Å²) in [6.07, 6.45) is 9.44. The van der Waals surface area contributed by atoms with Crippen molar-refractivity contribution in [2.75, 3.05) is 0 Å². The van der Waals surface area contributed by atoms with E-state index in [-0.39, 0.29) is 18.2 Å². The van der Waals surface area contributed by atoms with Crippen LogP contribution in [0.4, 0.5) is 0 Å². The van der Waals surface area contributed by atoms with Crippen LogP contribution in [0.1, 0.15) is 45.4 Å². The van der Waals surface area contributed by atoms with E-state index in [1.807, 2.05) is 13.0 Å². The fourth-order valence-electron chi connectivity index (χ4n) is 1.71. The van der Waals surface area contributed by atoms with Crippen molar-refractivity contribution in [3.63, 3.8) is 0 Å². The molecule has 86 valence electrons. The third-order valence-corrected chi connectivity index (χ3v) is 2.58. The summed E-state index contributed by atoms with van der Waals surface area (Å²) in [5, 5.41) is 9.04. The number of rotatable bonds is 7. The molecular weight excluding hydrogens is 192 g/mol. The SMILES string of the molecule is CC(O)CCCCCCC1C=CC(=O)O1. The van der Waals surface area contributed by atoms with Gasteiger partial charge in [0, 0.05) is 6.08 Å². The number of cyclic esters (lactones) is 1. The van der Waals surface area contributed by atoms with Gasteiger partial charge in [-0.15, -0.1) is 0 Å². The van der Waals surface area contributed by atoms with Gasteiger partial charge in [-0.05, 0) is 32.3 Å². The van der Waals surface area contributed by atoms with Gasteiger partial charge in [-0.1, -0.05) is 19.3 Å². The van der Waals surface area contributed by atoms with E-state index < -0.39 is 0 Å². The smallest absolute Gasteiger partial charge is 0.331 e. The van der Waals surface area contributed by atoms with Crippen molar-refractivity contribution in [1.82, 2.24) is 0 Å². The number of aliphatic hydroxyl groups is 1. The molecule has 2 unspecified atom stereocenters. The minimum Gasteiger partial charge on any atom is -0.455 e. The fourth-order valence-corrected chi connectivity index (χ4v) is 1.71. The summed E-state index contributed by atoms with van der Waals surface area (Å²) in [6.45, 7) is 1.82. The number of hydrogen-bond donors (Lipinski definition) is 1. The van der Waals surface area contributed by atoms with E-state index in [4.69, 9.17) is 9.84 Å². The maximum absolute atomic E-state index is 10.7. The molecule has 15 heavy (non-hydrogen) atoms. The maximum atomic E-state index is 10.7. The predicted octanol–water partition coefficient (Wildman–Crippen LogP) is 2.19. The normalized spacial score (nSPS) is 21.7. The van der Waals surface area contributed by atoms with E-state index in [2.05, 4.69) is 0 Å². The van der Waals surface area contributed by atoms with Gasteiger partial charge in [-0.3, -0.25) is 0 Å². The van der Waals surface area contributed by atoms with Crippen LogP contribution in [0.3, 0.4) is 0 Å².